The molecule has 3 heterocycles. The highest BCUT2D eigenvalue weighted by molar-refractivity contribution is 14.0. The van der Waals surface area contributed by atoms with Gasteiger partial charge in [0.15, 0.2) is 5.96 Å². The Labute approximate surface area is 147 Å². The molecular formula is C15H24IN3O3. The predicted molar refractivity (Wildman–Crippen MR) is 94.5 cm³/mol. The number of aliphatic hydroxyl groups excluding tert-OH is 1. The molecule has 1 aromatic rings. The van der Waals surface area contributed by atoms with Crippen LogP contribution in [0.5, 0.6) is 0 Å². The zero-order chi connectivity index (χ0) is 14.7. The van der Waals surface area contributed by atoms with Gasteiger partial charge in [-0.3, -0.25) is 4.99 Å². The van der Waals surface area contributed by atoms with Crippen LogP contribution in [0.25, 0.3) is 0 Å². The summed E-state index contributed by atoms with van der Waals surface area (Å²) in [6.07, 6.45) is 4.88. The summed E-state index contributed by atoms with van der Waals surface area (Å²) in [6.45, 7) is 3.08. The number of nitrogens with one attached hydrogen (secondary N) is 2. The molecule has 2 aliphatic rings. The molecule has 3 rings (SSSR count). The molecule has 2 fully saturated rings. The standard InChI is InChI=1S/C15H23N3O3.HI/c1-2-16-15(17-9-12(19)14-4-3-7-20-14)18-11-8-10-5-6-13(11)21-10;/h3-4,7,10-13,19H,2,5-6,8-9H2,1H3,(H2,16,17,18);1H. The molecule has 4 unspecified atom stereocenters. The predicted octanol–water partition coefficient (Wildman–Crippen LogP) is 1.81. The van der Waals surface area contributed by atoms with Crippen molar-refractivity contribution in [2.75, 3.05) is 13.1 Å². The second kappa shape index (κ2) is 8.16. The number of guanidine groups is 1. The molecule has 2 saturated heterocycles. The average molecular weight is 421 g/mol. The van der Waals surface area contributed by atoms with E-state index in [9.17, 15) is 5.11 Å². The fourth-order valence-electron chi connectivity index (χ4n) is 3.03. The Morgan fingerprint density at radius 1 is 1.50 bits per heavy atom. The van der Waals surface area contributed by atoms with E-state index in [0.29, 0.717) is 24.0 Å². The van der Waals surface area contributed by atoms with Gasteiger partial charge in [0.05, 0.1) is 31.1 Å². The van der Waals surface area contributed by atoms with Gasteiger partial charge in [-0.05, 0) is 38.3 Å². The summed E-state index contributed by atoms with van der Waals surface area (Å²) >= 11 is 0. The number of nitrogens with zero attached hydrogens (tertiary/aromatic N) is 1. The fraction of sp³-hybridized carbons (Fsp3) is 0.667. The first-order chi connectivity index (χ1) is 10.3. The van der Waals surface area contributed by atoms with Crippen molar-refractivity contribution in [1.29, 1.82) is 0 Å². The van der Waals surface area contributed by atoms with Crippen molar-refractivity contribution < 1.29 is 14.3 Å². The first-order valence-electron chi connectivity index (χ1n) is 7.68. The Balaban J connectivity index is 0.00000176. The van der Waals surface area contributed by atoms with E-state index in [2.05, 4.69) is 15.6 Å². The largest absolute Gasteiger partial charge is 0.467 e. The second-order valence-electron chi connectivity index (χ2n) is 5.61. The maximum atomic E-state index is 10.0. The summed E-state index contributed by atoms with van der Waals surface area (Å²) in [4.78, 5) is 4.45. The molecule has 0 saturated carbocycles. The number of hydrogen-bond donors (Lipinski definition) is 3. The number of fused-ring (bicyclic) bond motifs is 2. The van der Waals surface area contributed by atoms with Crippen molar-refractivity contribution in [3.05, 3.63) is 24.2 Å². The summed E-state index contributed by atoms with van der Waals surface area (Å²) in [5, 5.41) is 16.6. The number of aliphatic imine (C=N–C) groups is 1. The monoisotopic (exact) mass is 421 g/mol. The Morgan fingerprint density at radius 3 is 2.95 bits per heavy atom. The van der Waals surface area contributed by atoms with Crippen LogP contribution in [0.15, 0.2) is 27.8 Å². The third kappa shape index (κ3) is 4.14. The van der Waals surface area contributed by atoms with Gasteiger partial charge in [-0.15, -0.1) is 24.0 Å². The number of aliphatic hydroxyl groups is 1. The third-order valence-electron chi connectivity index (χ3n) is 4.07. The Hall–Kier alpha value is -0.800. The van der Waals surface area contributed by atoms with Gasteiger partial charge in [0.25, 0.3) is 0 Å². The van der Waals surface area contributed by atoms with Crippen LogP contribution in [0.4, 0.5) is 0 Å². The minimum atomic E-state index is -0.716. The van der Waals surface area contributed by atoms with Crippen LogP contribution in [-0.2, 0) is 4.74 Å². The van der Waals surface area contributed by atoms with Crippen LogP contribution >= 0.6 is 24.0 Å². The van der Waals surface area contributed by atoms with E-state index in [1.54, 1.807) is 18.4 Å². The fourth-order valence-corrected chi connectivity index (χ4v) is 3.03. The lowest BCUT2D eigenvalue weighted by molar-refractivity contribution is 0.0992. The SMILES string of the molecule is CCNC(=NCC(O)c1ccco1)NC1CC2CCC1O2.I. The summed E-state index contributed by atoms with van der Waals surface area (Å²) in [5.74, 6) is 1.27. The van der Waals surface area contributed by atoms with Gasteiger partial charge in [-0.2, -0.15) is 0 Å². The van der Waals surface area contributed by atoms with Crippen molar-refractivity contribution in [3.63, 3.8) is 0 Å². The Morgan fingerprint density at radius 2 is 2.36 bits per heavy atom. The summed E-state index contributed by atoms with van der Waals surface area (Å²) in [5.41, 5.74) is 0. The van der Waals surface area contributed by atoms with Gasteiger partial charge in [0, 0.05) is 6.54 Å². The number of furan rings is 1. The lowest BCUT2D eigenvalue weighted by Gasteiger charge is -2.22. The molecular weight excluding hydrogens is 397 g/mol. The van der Waals surface area contributed by atoms with E-state index in [1.807, 2.05) is 6.92 Å². The number of halogens is 1. The molecule has 124 valence electrons. The highest BCUT2D eigenvalue weighted by Crippen LogP contribution is 2.34. The first kappa shape index (κ1) is 17.6. The van der Waals surface area contributed by atoms with Gasteiger partial charge in [-0.1, -0.05) is 0 Å². The highest BCUT2D eigenvalue weighted by Gasteiger charge is 2.41. The minimum Gasteiger partial charge on any atom is -0.467 e. The summed E-state index contributed by atoms with van der Waals surface area (Å²) in [6, 6.07) is 3.84. The molecule has 2 aliphatic heterocycles. The average Bonchev–Trinajstić information content (AvgIpc) is 3.21. The lowest BCUT2D eigenvalue weighted by Crippen LogP contribution is -2.47. The molecule has 3 N–H and O–H groups in total. The Bertz CT molecular complexity index is 480. The molecule has 4 atom stereocenters. The smallest absolute Gasteiger partial charge is 0.191 e. The van der Waals surface area contributed by atoms with Gasteiger partial charge in [-0.25, -0.2) is 0 Å². The first-order valence-corrected chi connectivity index (χ1v) is 7.68. The van der Waals surface area contributed by atoms with E-state index in [4.69, 9.17) is 9.15 Å². The van der Waals surface area contributed by atoms with Crippen LogP contribution < -0.4 is 10.6 Å². The second-order valence-corrected chi connectivity index (χ2v) is 5.61. The van der Waals surface area contributed by atoms with Gasteiger partial charge < -0.3 is 24.9 Å². The van der Waals surface area contributed by atoms with E-state index < -0.39 is 6.10 Å². The maximum absolute atomic E-state index is 10.0. The van der Waals surface area contributed by atoms with Crippen LogP contribution in [0.2, 0.25) is 0 Å². The zero-order valence-electron chi connectivity index (χ0n) is 12.7. The molecule has 0 amide bonds. The van der Waals surface area contributed by atoms with E-state index in [-0.39, 0.29) is 30.5 Å². The van der Waals surface area contributed by atoms with E-state index >= 15 is 0 Å². The molecule has 0 aliphatic carbocycles. The maximum Gasteiger partial charge on any atom is 0.191 e. The van der Waals surface area contributed by atoms with Crippen LogP contribution in [0.3, 0.4) is 0 Å². The number of rotatable bonds is 5. The highest BCUT2D eigenvalue weighted by atomic mass is 127. The molecule has 22 heavy (non-hydrogen) atoms. The van der Waals surface area contributed by atoms with E-state index in [0.717, 1.165) is 25.3 Å². The van der Waals surface area contributed by atoms with Gasteiger partial charge >= 0.3 is 0 Å². The van der Waals surface area contributed by atoms with Gasteiger partial charge in [0.1, 0.15) is 11.9 Å². The van der Waals surface area contributed by atoms with Crippen LogP contribution in [-0.4, -0.2) is 42.4 Å². The molecule has 1 aromatic heterocycles. The van der Waals surface area contributed by atoms with E-state index in [1.165, 1.54) is 6.42 Å². The quantitative estimate of drug-likeness (QED) is 0.384. The molecule has 0 aromatic carbocycles. The van der Waals surface area contributed by atoms with Gasteiger partial charge in [0.2, 0.25) is 0 Å². The molecule has 0 spiro atoms. The molecule has 2 bridgehead atoms. The molecule has 0 radical (unpaired) electrons. The summed E-state index contributed by atoms with van der Waals surface area (Å²) in [7, 11) is 0. The van der Waals surface area contributed by atoms with Crippen molar-refractivity contribution >= 4 is 29.9 Å². The Kier molecular flexibility index (Phi) is 6.51. The minimum absolute atomic E-state index is 0. The van der Waals surface area contributed by atoms with Crippen molar-refractivity contribution in [2.24, 2.45) is 4.99 Å². The topological polar surface area (TPSA) is 79.0 Å². The molecule has 6 nitrogen and oxygen atoms in total. The van der Waals surface area contributed by atoms with Crippen LogP contribution in [0, 0.1) is 0 Å². The van der Waals surface area contributed by atoms with Crippen molar-refractivity contribution in [2.45, 2.75) is 50.5 Å². The molecule has 7 heteroatoms. The van der Waals surface area contributed by atoms with Crippen molar-refractivity contribution in [3.8, 4) is 0 Å². The van der Waals surface area contributed by atoms with Crippen LogP contribution in [0.1, 0.15) is 38.1 Å². The zero-order valence-corrected chi connectivity index (χ0v) is 15.0. The summed E-state index contributed by atoms with van der Waals surface area (Å²) < 4.78 is 11.0. The number of ether oxygens (including phenoxy) is 1. The lowest BCUT2D eigenvalue weighted by atomic mass is 9.96. The van der Waals surface area contributed by atoms with Crippen molar-refractivity contribution in [1.82, 2.24) is 10.6 Å². The number of hydrogen-bond acceptors (Lipinski definition) is 4. The normalized spacial score (nSPS) is 28.3. The third-order valence-corrected chi connectivity index (χ3v) is 4.07.